The van der Waals surface area contributed by atoms with Gasteiger partial charge in [-0.2, -0.15) is 0 Å². The predicted molar refractivity (Wildman–Crippen MR) is 88.8 cm³/mol. The average molecular weight is 311 g/mol. The molecule has 1 heterocycles. The molecule has 0 radical (unpaired) electrons. The third-order valence-electron chi connectivity index (χ3n) is 5.22. The van der Waals surface area contributed by atoms with Crippen molar-refractivity contribution in [1.29, 1.82) is 0 Å². The summed E-state index contributed by atoms with van der Waals surface area (Å²) in [4.78, 5) is 18.5. The Bertz CT molecular complexity index is 337. The summed E-state index contributed by atoms with van der Waals surface area (Å²) in [6.07, 6.45) is 6.48. The number of piperazine rings is 1. The number of aliphatic hydroxyl groups is 1. The van der Waals surface area contributed by atoms with Crippen LogP contribution in [0.25, 0.3) is 0 Å². The lowest BCUT2D eigenvalue weighted by molar-refractivity contribution is -0.131. The van der Waals surface area contributed by atoms with Crippen molar-refractivity contribution < 1.29 is 9.90 Å². The normalized spacial score (nSPS) is 22.9. The molecule has 1 amide bonds. The molecule has 5 nitrogen and oxygen atoms in total. The van der Waals surface area contributed by atoms with Crippen LogP contribution in [0.5, 0.6) is 0 Å². The summed E-state index contributed by atoms with van der Waals surface area (Å²) in [5.41, 5.74) is 0. The van der Waals surface area contributed by atoms with E-state index in [2.05, 4.69) is 16.8 Å². The number of likely N-dealkylation sites (N-methyl/N-ethyl adjacent to an activating group) is 2. The first kappa shape index (κ1) is 17.7. The maximum absolute atomic E-state index is 12.2. The van der Waals surface area contributed by atoms with Gasteiger partial charge in [-0.25, -0.2) is 0 Å². The largest absolute Gasteiger partial charge is 0.390 e. The van der Waals surface area contributed by atoms with Crippen molar-refractivity contribution in [3.8, 4) is 0 Å². The van der Waals surface area contributed by atoms with Crippen molar-refractivity contribution in [3.05, 3.63) is 0 Å². The summed E-state index contributed by atoms with van der Waals surface area (Å²) < 4.78 is 0. The maximum atomic E-state index is 12.2. The van der Waals surface area contributed by atoms with E-state index >= 15 is 0 Å². The molecule has 5 heteroatoms. The highest BCUT2D eigenvalue weighted by Crippen LogP contribution is 2.28. The fourth-order valence-electron chi connectivity index (χ4n) is 3.62. The molecular formula is C17H33N3O2. The third kappa shape index (κ3) is 5.86. The summed E-state index contributed by atoms with van der Waals surface area (Å²) >= 11 is 0. The zero-order chi connectivity index (χ0) is 15.9. The van der Waals surface area contributed by atoms with Crippen molar-refractivity contribution >= 4 is 5.91 Å². The first-order chi connectivity index (χ1) is 10.5. The first-order valence-corrected chi connectivity index (χ1v) is 8.87. The molecule has 1 aliphatic heterocycles. The number of carbonyl (C=O) groups excluding carboxylic acids is 1. The Morgan fingerprint density at radius 2 is 1.86 bits per heavy atom. The van der Waals surface area contributed by atoms with E-state index in [4.69, 9.17) is 0 Å². The van der Waals surface area contributed by atoms with E-state index in [-0.39, 0.29) is 5.91 Å². The molecule has 1 saturated heterocycles. The molecule has 0 aromatic carbocycles. The fourth-order valence-corrected chi connectivity index (χ4v) is 3.62. The van der Waals surface area contributed by atoms with Gasteiger partial charge in [-0.05, 0) is 19.4 Å². The van der Waals surface area contributed by atoms with Gasteiger partial charge in [-0.1, -0.05) is 25.7 Å². The molecule has 2 fully saturated rings. The smallest absolute Gasteiger partial charge is 0.222 e. The summed E-state index contributed by atoms with van der Waals surface area (Å²) in [6, 6.07) is 0. The molecule has 0 aromatic rings. The number of hydrogen-bond acceptors (Lipinski definition) is 4. The summed E-state index contributed by atoms with van der Waals surface area (Å²) in [6.45, 7) is 5.26. The first-order valence-electron chi connectivity index (χ1n) is 8.87. The highest BCUT2D eigenvalue weighted by Gasteiger charge is 2.21. The molecule has 1 N–H and O–H groups in total. The van der Waals surface area contributed by atoms with Crippen LogP contribution in [0, 0.1) is 5.92 Å². The van der Waals surface area contributed by atoms with E-state index in [1.807, 2.05) is 7.05 Å². The maximum Gasteiger partial charge on any atom is 0.222 e. The molecule has 1 aliphatic carbocycles. The van der Waals surface area contributed by atoms with E-state index in [1.165, 1.54) is 25.7 Å². The Balaban J connectivity index is 1.62. The lowest BCUT2D eigenvalue weighted by Crippen LogP contribution is -2.49. The van der Waals surface area contributed by atoms with Gasteiger partial charge in [0.1, 0.15) is 0 Å². The number of amides is 1. The Hall–Kier alpha value is -0.650. The van der Waals surface area contributed by atoms with Crippen molar-refractivity contribution in [1.82, 2.24) is 14.7 Å². The molecule has 0 spiro atoms. The number of aliphatic hydroxyl groups excluding tert-OH is 1. The molecule has 22 heavy (non-hydrogen) atoms. The Kier molecular flexibility index (Phi) is 7.12. The Morgan fingerprint density at radius 1 is 1.23 bits per heavy atom. The quantitative estimate of drug-likeness (QED) is 0.763. The topological polar surface area (TPSA) is 47.0 Å². The average Bonchev–Trinajstić information content (AvgIpc) is 3.00. The lowest BCUT2D eigenvalue weighted by atomic mass is 10.0. The summed E-state index contributed by atoms with van der Waals surface area (Å²) in [5.74, 6) is 0.942. The van der Waals surface area contributed by atoms with E-state index < -0.39 is 6.10 Å². The van der Waals surface area contributed by atoms with Gasteiger partial charge in [0.15, 0.2) is 0 Å². The van der Waals surface area contributed by atoms with Gasteiger partial charge in [-0.15, -0.1) is 0 Å². The van der Waals surface area contributed by atoms with Crippen LogP contribution in [-0.2, 0) is 4.79 Å². The molecule has 2 aliphatic rings. The van der Waals surface area contributed by atoms with Crippen molar-refractivity contribution in [3.63, 3.8) is 0 Å². The van der Waals surface area contributed by atoms with Gasteiger partial charge >= 0.3 is 0 Å². The zero-order valence-electron chi connectivity index (χ0n) is 14.3. The van der Waals surface area contributed by atoms with Gasteiger partial charge < -0.3 is 14.9 Å². The van der Waals surface area contributed by atoms with E-state index in [9.17, 15) is 9.90 Å². The van der Waals surface area contributed by atoms with Crippen LogP contribution in [0.1, 0.15) is 38.5 Å². The number of hydrogen-bond donors (Lipinski definition) is 1. The minimum atomic E-state index is -0.441. The minimum Gasteiger partial charge on any atom is -0.390 e. The molecule has 0 aromatic heterocycles. The molecule has 1 unspecified atom stereocenters. The number of carbonyl (C=O) groups is 1. The standard InChI is InChI=1S/C17H33N3O2/c1-18-9-11-20(12-10-18)14-16(21)13-19(2)17(22)8-7-15-5-3-4-6-15/h15-16,21H,3-14H2,1-2H3. The molecule has 2 rings (SSSR count). The van der Waals surface area contributed by atoms with Crippen molar-refractivity contribution in [2.45, 2.75) is 44.6 Å². The highest BCUT2D eigenvalue weighted by molar-refractivity contribution is 5.75. The van der Waals surface area contributed by atoms with Crippen LogP contribution in [0.4, 0.5) is 0 Å². The van der Waals surface area contributed by atoms with Crippen molar-refractivity contribution in [2.24, 2.45) is 5.92 Å². The third-order valence-corrected chi connectivity index (χ3v) is 5.22. The van der Waals surface area contributed by atoms with Crippen LogP contribution in [0.15, 0.2) is 0 Å². The van der Waals surface area contributed by atoms with Gasteiger partial charge in [0.05, 0.1) is 6.10 Å². The second-order valence-corrected chi connectivity index (χ2v) is 7.22. The molecule has 128 valence electrons. The van der Waals surface area contributed by atoms with Crippen LogP contribution >= 0.6 is 0 Å². The van der Waals surface area contributed by atoms with Crippen LogP contribution in [0.2, 0.25) is 0 Å². The second kappa shape index (κ2) is 8.85. The number of rotatable bonds is 7. The Morgan fingerprint density at radius 3 is 2.50 bits per heavy atom. The van der Waals surface area contributed by atoms with Gasteiger partial charge in [-0.3, -0.25) is 9.69 Å². The van der Waals surface area contributed by atoms with Crippen molar-refractivity contribution in [2.75, 3.05) is 53.4 Å². The Labute approximate surface area is 135 Å². The van der Waals surface area contributed by atoms with Crippen LogP contribution in [-0.4, -0.2) is 85.2 Å². The molecular weight excluding hydrogens is 278 g/mol. The monoisotopic (exact) mass is 311 g/mol. The van der Waals surface area contributed by atoms with Gasteiger partial charge in [0.25, 0.3) is 0 Å². The van der Waals surface area contributed by atoms with Gasteiger partial charge in [0, 0.05) is 52.7 Å². The second-order valence-electron chi connectivity index (χ2n) is 7.22. The van der Waals surface area contributed by atoms with E-state index in [0.29, 0.717) is 19.5 Å². The molecule has 1 saturated carbocycles. The molecule has 0 bridgehead atoms. The highest BCUT2D eigenvalue weighted by atomic mass is 16.3. The molecule has 1 atom stereocenters. The van der Waals surface area contributed by atoms with E-state index in [0.717, 1.165) is 38.5 Å². The zero-order valence-corrected chi connectivity index (χ0v) is 14.3. The van der Waals surface area contributed by atoms with Gasteiger partial charge in [0.2, 0.25) is 5.91 Å². The van der Waals surface area contributed by atoms with Crippen LogP contribution < -0.4 is 0 Å². The van der Waals surface area contributed by atoms with Crippen LogP contribution in [0.3, 0.4) is 0 Å². The summed E-state index contributed by atoms with van der Waals surface area (Å²) in [7, 11) is 3.95. The summed E-state index contributed by atoms with van der Waals surface area (Å²) in [5, 5.41) is 10.2. The predicted octanol–water partition coefficient (Wildman–Crippen LogP) is 1.02. The van der Waals surface area contributed by atoms with E-state index in [1.54, 1.807) is 4.90 Å². The SMILES string of the molecule is CN1CCN(CC(O)CN(C)C(=O)CCC2CCCC2)CC1. The number of β-amino-alcohol motifs (C(OH)–C–C–N with tert-alkyl or cyclic N) is 1. The lowest BCUT2D eigenvalue weighted by Gasteiger charge is -2.34. The minimum absolute atomic E-state index is 0.185. The fraction of sp³-hybridized carbons (Fsp3) is 0.941. The number of nitrogens with zero attached hydrogens (tertiary/aromatic N) is 3.